The third-order valence-corrected chi connectivity index (χ3v) is 5.32. The molecule has 2 aromatic heterocycles. The number of benzene rings is 1. The Bertz CT molecular complexity index is 968. The summed E-state index contributed by atoms with van der Waals surface area (Å²) in [4.78, 5) is 10.8. The fourth-order valence-electron chi connectivity index (χ4n) is 4.32. The molecule has 0 amide bonds. The molecule has 0 fully saturated rings. The summed E-state index contributed by atoms with van der Waals surface area (Å²) >= 11 is 0. The van der Waals surface area contributed by atoms with Crippen molar-refractivity contribution in [2.45, 2.75) is 25.9 Å². The SMILES string of the molecule is Cc1ccc2c(c1)c1c3n2CC(c2cncnc2)=CC3CN(C)C1. The molecule has 1 aromatic carbocycles. The molecular weight excluding hydrogens is 296 g/mol. The van der Waals surface area contributed by atoms with E-state index in [4.69, 9.17) is 0 Å². The third kappa shape index (κ3) is 1.96. The smallest absolute Gasteiger partial charge is 0.115 e. The first-order chi connectivity index (χ1) is 11.7. The van der Waals surface area contributed by atoms with Crippen molar-refractivity contribution >= 4 is 16.5 Å². The number of nitrogens with zero attached hydrogens (tertiary/aromatic N) is 4. The standard InChI is InChI=1S/C20H20N4/c1-13-3-4-19-17(5-13)18-11-23(2)9-15-6-14(10-24(19)20(15)18)16-7-21-12-22-8-16/h3-8,12,15H,9-11H2,1-2H3. The number of fused-ring (bicyclic) bond motifs is 3. The molecule has 0 spiro atoms. The van der Waals surface area contributed by atoms with E-state index in [1.807, 2.05) is 12.4 Å². The minimum Gasteiger partial charge on any atom is -0.339 e. The summed E-state index contributed by atoms with van der Waals surface area (Å²) in [7, 11) is 2.22. The molecule has 4 heterocycles. The van der Waals surface area contributed by atoms with Gasteiger partial charge in [-0.25, -0.2) is 9.97 Å². The van der Waals surface area contributed by atoms with E-state index in [-0.39, 0.29) is 0 Å². The van der Waals surface area contributed by atoms with Crippen molar-refractivity contribution in [2.75, 3.05) is 13.6 Å². The van der Waals surface area contributed by atoms with Gasteiger partial charge in [0.25, 0.3) is 0 Å². The second-order valence-electron chi connectivity index (χ2n) is 7.09. The van der Waals surface area contributed by atoms with Gasteiger partial charge in [-0.2, -0.15) is 0 Å². The van der Waals surface area contributed by atoms with Crippen LogP contribution in [0.2, 0.25) is 0 Å². The van der Waals surface area contributed by atoms with Gasteiger partial charge in [-0.05, 0) is 37.2 Å². The third-order valence-electron chi connectivity index (χ3n) is 5.32. The summed E-state index contributed by atoms with van der Waals surface area (Å²) in [6, 6.07) is 6.85. The topological polar surface area (TPSA) is 34.0 Å². The quantitative estimate of drug-likeness (QED) is 0.690. The number of rotatable bonds is 1. The van der Waals surface area contributed by atoms with Gasteiger partial charge in [-0.15, -0.1) is 0 Å². The molecule has 120 valence electrons. The van der Waals surface area contributed by atoms with Crippen LogP contribution in [0.25, 0.3) is 16.5 Å². The van der Waals surface area contributed by atoms with Gasteiger partial charge in [-0.1, -0.05) is 17.7 Å². The molecule has 0 bridgehead atoms. The normalized spacial score (nSPS) is 20.1. The lowest BCUT2D eigenvalue weighted by Crippen LogP contribution is -2.32. The van der Waals surface area contributed by atoms with Crippen molar-refractivity contribution in [2.24, 2.45) is 0 Å². The van der Waals surface area contributed by atoms with Crippen LogP contribution >= 0.6 is 0 Å². The minimum atomic E-state index is 0.440. The van der Waals surface area contributed by atoms with Crippen molar-refractivity contribution in [1.82, 2.24) is 19.4 Å². The lowest BCUT2D eigenvalue weighted by atomic mass is 9.89. The van der Waals surface area contributed by atoms with Crippen molar-refractivity contribution < 1.29 is 0 Å². The van der Waals surface area contributed by atoms with E-state index in [1.54, 1.807) is 6.33 Å². The van der Waals surface area contributed by atoms with Crippen LogP contribution in [0.1, 0.15) is 28.3 Å². The van der Waals surface area contributed by atoms with E-state index in [0.717, 1.165) is 25.2 Å². The lowest BCUT2D eigenvalue weighted by Gasteiger charge is -2.33. The van der Waals surface area contributed by atoms with Crippen molar-refractivity contribution in [3.63, 3.8) is 0 Å². The first-order valence-electron chi connectivity index (χ1n) is 8.47. The fraction of sp³-hybridized carbons (Fsp3) is 0.300. The van der Waals surface area contributed by atoms with E-state index in [0.29, 0.717) is 5.92 Å². The zero-order chi connectivity index (χ0) is 16.3. The Hall–Kier alpha value is -2.46. The van der Waals surface area contributed by atoms with Crippen LogP contribution in [-0.4, -0.2) is 33.0 Å². The Morgan fingerprint density at radius 1 is 1.12 bits per heavy atom. The minimum absolute atomic E-state index is 0.440. The van der Waals surface area contributed by atoms with Crippen LogP contribution in [0.4, 0.5) is 0 Å². The fourth-order valence-corrected chi connectivity index (χ4v) is 4.32. The first-order valence-corrected chi connectivity index (χ1v) is 8.47. The molecule has 0 saturated heterocycles. The van der Waals surface area contributed by atoms with Gasteiger partial charge < -0.3 is 9.47 Å². The maximum absolute atomic E-state index is 4.20. The summed E-state index contributed by atoms with van der Waals surface area (Å²) in [5.41, 5.74) is 8.16. The summed E-state index contributed by atoms with van der Waals surface area (Å²) in [6.45, 7) is 5.19. The van der Waals surface area contributed by atoms with Crippen molar-refractivity contribution in [1.29, 1.82) is 0 Å². The van der Waals surface area contributed by atoms with Gasteiger partial charge >= 0.3 is 0 Å². The molecule has 1 unspecified atom stereocenters. The molecule has 0 N–H and O–H groups in total. The molecule has 24 heavy (non-hydrogen) atoms. The summed E-state index contributed by atoms with van der Waals surface area (Å²) in [5.74, 6) is 0.440. The number of allylic oxidation sites excluding steroid dienone is 1. The lowest BCUT2D eigenvalue weighted by molar-refractivity contribution is 0.292. The summed E-state index contributed by atoms with van der Waals surface area (Å²) < 4.78 is 2.52. The Balaban J connectivity index is 1.75. The number of aromatic nitrogens is 3. The maximum Gasteiger partial charge on any atom is 0.115 e. The van der Waals surface area contributed by atoms with E-state index in [1.165, 1.54) is 33.3 Å². The zero-order valence-electron chi connectivity index (χ0n) is 14.0. The van der Waals surface area contributed by atoms with Gasteiger partial charge in [0.2, 0.25) is 0 Å². The van der Waals surface area contributed by atoms with Crippen LogP contribution in [0.15, 0.2) is 43.0 Å². The number of likely N-dealkylation sites (N-methyl/N-ethyl adjacent to an activating group) is 1. The van der Waals surface area contributed by atoms with Crippen LogP contribution in [0.3, 0.4) is 0 Å². The van der Waals surface area contributed by atoms with Crippen LogP contribution in [0, 0.1) is 6.92 Å². The maximum atomic E-state index is 4.20. The first kappa shape index (κ1) is 13.9. The highest BCUT2D eigenvalue weighted by atomic mass is 15.1. The van der Waals surface area contributed by atoms with E-state index in [9.17, 15) is 0 Å². The van der Waals surface area contributed by atoms with Gasteiger partial charge in [0, 0.05) is 60.1 Å². The monoisotopic (exact) mass is 316 g/mol. The largest absolute Gasteiger partial charge is 0.339 e. The van der Waals surface area contributed by atoms with Gasteiger partial charge in [0.05, 0.1) is 0 Å². The molecule has 0 saturated carbocycles. The Morgan fingerprint density at radius 2 is 1.96 bits per heavy atom. The van der Waals surface area contributed by atoms with Gasteiger partial charge in [-0.3, -0.25) is 0 Å². The molecule has 3 aromatic rings. The summed E-state index contributed by atoms with van der Waals surface area (Å²) in [5, 5.41) is 1.42. The highest BCUT2D eigenvalue weighted by Gasteiger charge is 2.32. The average molecular weight is 316 g/mol. The van der Waals surface area contributed by atoms with Crippen molar-refractivity contribution in [3.05, 3.63) is 65.4 Å². The molecule has 2 aliphatic heterocycles. The number of hydrogen-bond donors (Lipinski definition) is 0. The van der Waals surface area contributed by atoms with E-state index < -0.39 is 0 Å². The predicted octanol–water partition coefficient (Wildman–Crippen LogP) is 3.37. The van der Waals surface area contributed by atoms with Crippen molar-refractivity contribution in [3.8, 4) is 0 Å². The molecule has 4 heteroatoms. The van der Waals surface area contributed by atoms with Crippen LogP contribution in [-0.2, 0) is 13.1 Å². The molecule has 1 atom stereocenters. The predicted molar refractivity (Wildman–Crippen MR) is 95.8 cm³/mol. The Kier molecular flexibility index (Phi) is 2.91. The molecule has 0 aliphatic carbocycles. The van der Waals surface area contributed by atoms with Crippen LogP contribution < -0.4 is 0 Å². The highest BCUT2D eigenvalue weighted by molar-refractivity contribution is 5.88. The number of hydrogen-bond acceptors (Lipinski definition) is 3. The Morgan fingerprint density at radius 3 is 2.79 bits per heavy atom. The highest BCUT2D eigenvalue weighted by Crippen LogP contribution is 2.41. The molecular formula is C20H20N4. The van der Waals surface area contributed by atoms with Crippen LogP contribution in [0.5, 0.6) is 0 Å². The van der Waals surface area contributed by atoms with Gasteiger partial charge in [0.1, 0.15) is 6.33 Å². The molecule has 2 aliphatic rings. The second-order valence-corrected chi connectivity index (χ2v) is 7.09. The van der Waals surface area contributed by atoms with E-state index in [2.05, 4.69) is 57.7 Å². The zero-order valence-corrected chi connectivity index (χ0v) is 14.0. The summed E-state index contributed by atoms with van der Waals surface area (Å²) in [6.07, 6.45) is 7.87. The second kappa shape index (κ2) is 5.02. The Labute approximate surface area is 141 Å². The van der Waals surface area contributed by atoms with E-state index >= 15 is 0 Å². The average Bonchev–Trinajstić information content (AvgIpc) is 2.90. The molecule has 0 radical (unpaired) electrons. The van der Waals surface area contributed by atoms with Gasteiger partial charge in [0.15, 0.2) is 0 Å². The number of aryl methyl sites for hydroxylation is 1. The molecule has 4 nitrogen and oxygen atoms in total. The molecule has 5 rings (SSSR count).